The smallest absolute Gasteiger partial charge is 0.0256 e. The van der Waals surface area contributed by atoms with Gasteiger partial charge in [-0.15, -0.1) is 0 Å². The lowest BCUT2D eigenvalue weighted by Gasteiger charge is -1.99. The minimum absolute atomic E-state index is 1.14. The largest absolute Gasteiger partial charge is 0.0985 e. The van der Waals surface area contributed by atoms with Gasteiger partial charge in [0, 0.05) is 0 Å². The monoisotopic (exact) mass is 334 g/mol. The number of benzene rings is 3. The van der Waals surface area contributed by atoms with Crippen molar-refractivity contribution in [3.63, 3.8) is 0 Å². The van der Waals surface area contributed by atoms with Gasteiger partial charge >= 0.3 is 0 Å². The molecule has 0 unspecified atom stereocenters. The maximum atomic E-state index is 3.78. The second-order valence-electron chi connectivity index (χ2n) is 6.07. The Labute approximate surface area is 156 Å². The summed E-state index contributed by atoms with van der Waals surface area (Å²) in [5, 5.41) is 0. The van der Waals surface area contributed by atoms with Crippen molar-refractivity contribution in [2.45, 2.75) is 0 Å². The summed E-state index contributed by atoms with van der Waals surface area (Å²) in [6.45, 7) is 7.55. The molecule has 3 aromatic rings. The van der Waals surface area contributed by atoms with Crippen LogP contribution in [0.2, 0.25) is 0 Å². The van der Waals surface area contributed by atoms with E-state index in [4.69, 9.17) is 0 Å². The van der Waals surface area contributed by atoms with Crippen LogP contribution in [-0.4, -0.2) is 0 Å². The first-order chi connectivity index (χ1) is 12.8. The van der Waals surface area contributed by atoms with Gasteiger partial charge in [-0.2, -0.15) is 0 Å². The molecule has 0 aromatic heterocycles. The third kappa shape index (κ3) is 4.81. The second kappa shape index (κ2) is 8.64. The standard InChI is InChI=1S/C26H22/c1-3-21-5-9-23(10-6-21)13-15-25-17-19-26(20-18-25)16-14-24-11-7-22(4-2)8-12-24/h3-20H,1-2H2. The average molecular weight is 334 g/mol. The Bertz CT molecular complexity index is 838. The molecule has 0 saturated heterocycles. The molecule has 0 aliphatic rings. The van der Waals surface area contributed by atoms with Gasteiger partial charge in [0.25, 0.3) is 0 Å². The summed E-state index contributed by atoms with van der Waals surface area (Å²) >= 11 is 0. The van der Waals surface area contributed by atoms with Crippen molar-refractivity contribution in [3.05, 3.63) is 119 Å². The molecule has 26 heavy (non-hydrogen) atoms. The summed E-state index contributed by atoms with van der Waals surface area (Å²) in [5.74, 6) is 0. The van der Waals surface area contributed by atoms with Gasteiger partial charge in [0.1, 0.15) is 0 Å². The molecule has 126 valence electrons. The molecule has 0 heterocycles. The molecule has 3 rings (SSSR count). The summed E-state index contributed by atoms with van der Waals surface area (Å²) in [6.07, 6.45) is 12.2. The summed E-state index contributed by atoms with van der Waals surface area (Å²) in [4.78, 5) is 0. The lowest BCUT2D eigenvalue weighted by atomic mass is 10.1. The van der Waals surface area contributed by atoms with Gasteiger partial charge in [0.05, 0.1) is 0 Å². The Kier molecular flexibility index (Phi) is 5.80. The van der Waals surface area contributed by atoms with Crippen LogP contribution in [0.1, 0.15) is 33.4 Å². The van der Waals surface area contributed by atoms with E-state index in [1.807, 2.05) is 12.2 Å². The van der Waals surface area contributed by atoms with E-state index in [0.717, 1.165) is 11.1 Å². The van der Waals surface area contributed by atoms with Crippen LogP contribution in [-0.2, 0) is 0 Å². The first-order valence-electron chi connectivity index (χ1n) is 8.68. The van der Waals surface area contributed by atoms with Gasteiger partial charge in [-0.25, -0.2) is 0 Å². The molecule has 0 bridgehead atoms. The SMILES string of the molecule is C=Cc1ccc(C=Cc2ccc(C=Cc3ccc(C=C)cc3)cc2)cc1. The molecular formula is C26H22. The van der Waals surface area contributed by atoms with Gasteiger partial charge in [-0.1, -0.05) is 122 Å². The fourth-order valence-electron chi connectivity index (χ4n) is 2.59. The van der Waals surface area contributed by atoms with E-state index in [2.05, 4.69) is 110 Å². The topological polar surface area (TPSA) is 0 Å². The highest BCUT2D eigenvalue weighted by atomic mass is 14.0. The van der Waals surface area contributed by atoms with Crippen molar-refractivity contribution in [2.24, 2.45) is 0 Å². The van der Waals surface area contributed by atoms with Crippen molar-refractivity contribution in [1.82, 2.24) is 0 Å². The van der Waals surface area contributed by atoms with Crippen molar-refractivity contribution in [3.8, 4) is 0 Å². The van der Waals surface area contributed by atoms with E-state index in [9.17, 15) is 0 Å². The van der Waals surface area contributed by atoms with Gasteiger partial charge in [-0.3, -0.25) is 0 Å². The molecule has 0 fully saturated rings. The summed E-state index contributed by atoms with van der Waals surface area (Å²) in [5.41, 5.74) is 7.01. The summed E-state index contributed by atoms with van der Waals surface area (Å²) in [7, 11) is 0. The van der Waals surface area contributed by atoms with Crippen molar-refractivity contribution < 1.29 is 0 Å². The molecule has 0 atom stereocenters. The van der Waals surface area contributed by atoms with E-state index in [1.54, 1.807) is 0 Å². The third-order valence-electron chi connectivity index (χ3n) is 4.22. The van der Waals surface area contributed by atoms with Gasteiger partial charge in [0.15, 0.2) is 0 Å². The van der Waals surface area contributed by atoms with Crippen LogP contribution in [0, 0.1) is 0 Å². The van der Waals surface area contributed by atoms with Crippen LogP contribution >= 0.6 is 0 Å². The zero-order valence-electron chi connectivity index (χ0n) is 14.8. The van der Waals surface area contributed by atoms with Crippen molar-refractivity contribution in [2.75, 3.05) is 0 Å². The van der Waals surface area contributed by atoms with Crippen LogP contribution in [0.15, 0.2) is 86.0 Å². The van der Waals surface area contributed by atoms with E-state index in [1.165, 1.54) is 22.3 Å². The Morgan fingerprint density at radius 2 is 0.538 bits per heavy atom. The molecule has 0 radical (unpaired) electrons. The van der Waals surface area contributed by atoms with Gasteiger partial charge in [-0.05, 0) is 33.4 Å². The Morgan fingerprint density at radius 3 is 0.731 bits per heavy atom. The minimum atomic E-state index is 1.14. The lowest BCUT2D eigenvalue weighted by Crippen LogP contribution is -1.77. The molecule has 0 amide bonds. The van der Waals surface area contributed by atoms with E-state index in [-0.39, 0.29) is 0 Å². The summed E-state index contributed by atoms with van der Waals surface area (Å²) < 4.78 is 0. The van der Waals surface area contributed by atoms with E-state index in [0.29, 0.717) is 0 Å². The van der Waals surface area contributed by atoms with Gasteiger partial charge < -0.3 is 0 Å². The predicted molar refractivity (Wildman–Crippen MR) is 117 cm³/mol. The normalized spacial score (nSPS) is 11.1. The summed E-state index contributed by atoms with van der Waals surface area (Å²) in [6, 6.07) is 25.2. The molecule has 0 aliphatic carbocycles. The maximum Gasteiger partial charge on any atom is -0.0256 e. The number of hydrogen-bond donors (Lipinski definition) is 0. The molecule has 0 nitrogen and oxygen atoms in total. The lowest BCUT2D eigenvalue weighted by molar-refractivity contribution is 1.60. The molecule has 0 N–H and O–H groups in total. The highest BCUT2D eigenvalue weighted by Gasteiger charge is 1.92. The Morgan fingerprint density at radius 1 is 0.346 bits per heavy atom. The first-order valence-corrected chi connectivity index (χ1v) is 8.68. The predicted octanol–water partition coefficient (Wildman–Crippen LogP) is 7.31. The fourth-order valence-corrected chi connectivity index (χ4v) is 2.59. The fraction of sp³-hybridized carbons (Fsp3) is 0. The molecule has 3 aromatic carbocycles. The molecule has 0 spiro atoms. The zero-order valence-corrected chi connectivity index (χ0v) is 14.8. The molecular weight excluding hydrogens is 312 g/mol. The van der Waals surface area contributed by atoms with E-state index >= 15 is 0 Å². The second-order valence-corrected chi connectivity index (χ2v) is 6.07. The third-order valence-corrected chi connectivity index (χ3v) is 4.22. The van der Waals surface area contributed by atoms with Crippen LogP contribution < -0.4 is 0 Å². The first kappa shape index (κ1) is 17.4. The average Bonchev–Trinajstić information content (AvgIpc) is 2.72. The van der Waals surface area contributed by atoms with E-state index < -0.39 is 0 Å². The van der Waals surface area contributed by atoms with Crippen LogP contribution in [0.25, 0.3) is 36.5 Å². The molecule has 0 aliphatic heterocycles. The molecule has 0 saturated carbocycles. The zero-order chi connectivity index (χ0) is 18.2. The van der Waals surface area contributed by atoms with Gasteiger partial charge in [0.2, 0.25) is 0 Å². The highest BCUT2D eigenvalue weighted by molar-refractivity contribution is 5.73. The van der Waals surface area contributed by atoms with Crippen LogP contribution in [0.4, 0.5) is 0 Å². The number of hydrogen-bond acceptors (Lipinski definition) is 0. The Hall–Kier alpha value is -3.38. The van der Waals surface area contributed by atoms with Crippen LogP contribution in [0.5, 0.6) is 0 Å². The van der Waals surface area contributed by atoms with Crippen LogP contribution in [0.3, 0.4) is 0 Å². The quantitative estimate of drug-likeness (QED) is 0.414. The highest BCUT2D eigenvalue weighted by Crippen LogP contribution is 2.14. The van der Waals surface area contributed by atoms with Crippen molar-refractivity contribution in [1.29, 1.82) is 0 Å². The maximum absolute atomic E-state index is 3.78. The Balaban J connectivity index is 1.65. The molecule has 0 heteroatoms. The minimum Gasteiger partial charge on any atom is -0.0985 e. The number of rotatable bonds is 6. The van der Waals surface area contributed by atoms with Crippen molar-refractivity contribution >= 4 is 36.5 Å².